The van der Waals surface area contributed by atoms with E-state index in [2.05, 4.69) is 4.98 Å². The number of halogens is 1. The average molecular weight is 434 g/mol. The van der Waals surface area contributed by atoms with Crippen molar-refractivity contribution < 1.29 is 21.6 Å². The minimum Gasteiger partial charge on any atom is -0.495 e. The van der Waals surface area contributed by atoms with Gasteiger partial charge in [-0.3, -0.25) is 0 Å². The van der Waals surface area contributed by atoms with Gasteiger partial charge in [0.1, 0.15) is 5.75 Å². The normalized spacial score (nSPS) is 17.1. The van der Waals surface area contributed by atoms with Crippen molar-refractivity contribution in [1.82, 2.24) is 13.9 Å². The molecule has 11 heteroatoms. The van der Waals surface area contributed by atoms with Crippen molar-refractivity contribution >= 4 is 31.5 Å². The lowest BCUT2D eigenvalue weighted by atomic mass is 10.2. The highest BCUT2D eigenvalue weighted by Crippen LogP contribution is 2.31. The summed E-state index contributed by atoms with van der Waals surface area (Å²) in [5.41, 5.74) is 0. The Kier molecular flexibility index (Phi) is 5.53. The van der Waals surface area contributed by atoms with E-state index < -0.39 is 25.1 Å². The Morgan fingerprint density at radius 1 is 1.19 bits per heavy atom. The minimum atomic E-state index is -3.76. The maximum atomic E-state index is 12.8. The van der Waals surface area contributed by atoms with Crippen molar-refractivity contribution in [1.29, 1.82) is 0 Å². The number of imidazole rings is 1. The molecule has 0 saturated carbocycles. The first kappa shape index (κ1) is 20.1. The lowest BCUT2D eigenvalue weighted by Gasteiger charge is -2.30. The number of sulfone groups is 1. The SMILES string of the molecule is COc1ccc(S(=O)(=O)N2CCC(S(=O)(=O)c3nccn3C)CC2)cc1Cl. The molecule has 8 nitrogen and oxygen atoms in total. The molecule has 1 saturated heterocycles. The highest BCUT2D eigenvalue weighted by molar-refractivity contribution is 7.92. The molecule has 148 valence electrons. The van der Waals surface area contributed by atoms with E-state index >= 15 is 0 Å². The van der Waals surface area contributed by atoms with Crippen LogP contribution < -0.4 is 4.74 Å². The summed E-state index contributed by atoms with van der Waals surface area (Å²) in [5.74, 6) is 0.385. The third-order valence-electron chi connectivity index (χ3n) is 4.63. The molecule has 27 heavy (non-hydrogen) atoms. The van der Waals surface area contributed by atoms with E-state index in [9.17, 15) is 16.8 Å². The van der Waals surface area contributed by atoms with Crippen molar-refractivity contribution in [3.63, 3.8) is 0 Å². The number of aromatic nitrogens is 2. The number of ether oxygens (including phenoxy) is 1. The molecule has 0 amide bonds. The van der Waals surface area contributed by atoms with Crippen LogP contribution in [0.25, 0.3) is 0 Å². The van der Waals surface area contributed by atoms with Crippen LogP contribution in [0.15, 0.2) is 40.6 Å². The van der Waals surface area contributed by atoms with Gasteiger partial charge in [0, 0.05) is 32.5 Å². The Morgan fingerprint density at radius 2 is 1.85 bits per heavy atom. The highest BCUT2D eigenvalue weighted by Gasteiger charge is 2.37. The number of sulfonamides is 1. The summed E-state index contributed by atoms with van der Waals surface area (Å²) in [6.07, 6.45) is 3.41. The summed E-state index contributed by atoms with van der Waals surface area (Å²) in [7, 11) is -4.30. The number of nitrogens with zero attached hydrogens (tertiary/aromatic N) is 3. The lowest BCUT2D eigenvalue weighted by Crippen LogP contribution is -2.42. The number of rotatable bonds is 5. The topological polar surface area (TPSA) is 98.6 Å². The molecule has 2 aromatic rings. The van der Waals surface area contributed by atoms with Crippen LogP contribution in [-0.2, 0) is 26.9 Å². The fraction of sp³-hybridized carbons (Fsp3) is 0.438. The number of hydrogen-bond donors (Lipinski definition) is 0. The molecule has 1 aliphatic heterocycles. The zero-order chi connectivity index (χ0) is 19.8. The Hall–Kier alpha value is -1.62. The van der Waals surface area contributed by atoms with E-state index in [0.29, 0.717) is 5.75 Å². The number of benzene rings is 1. The second-order valence-electron chi connectivity index (χ2n) is 6.27. The first-order valence-electron chi connectivity index (χ1n) is 8.23. The van der Waals surface area contributed by atoms with Crippen molar-refractivity contribution in [2.24, 2.45) is 7.05 Å². The standard InChI is InChI=1S/C16H20ClN3O5S2/c1-19-10-7-18-16(19)26(21,22)12-5-8-20(9-6-12)27(23,24)13-3-4-15(25-2)14(17)11-13/h3-4,7,10-12H,5-6,8-9H2,1-2H3. The third kappa shape index (κ3) is 3.71. The largest absolute Gasteiger partial charge is 0.495 e. The van der Waals surface area contributed by atoms with E-state index in [1.54, 1.807) is 13.2 Å². The number of piperidine rings is 1. The molecule has 0 bridgehead atoms. The molecule has 1 aromatic carbocycles. The summed E-state index contributed by atoms with van der Waals surface area (Å²) in [4.78, 5) is 3.98. The van der Waals surface area contributed by atoms with Crippen LogP contribution in [0.1, 0.15) is 12.8 Å². The number of aryl methyl sites for hydroxylation is 1. The maximum absolute atomic E-state index is 12.8. The van der Waals surface area contributed by atoms with Gasteiger partial charge in [0.25, 0.3) is 0 Å². The molecule has 3 rings (SSSR count). The van der Waals surface area contributed by atoms with Crippen LogP contribution in [0.3, 0.4) is 0 Å². The Morgan fingerprint density at radius 3 is 2.37 bits per heavy atom. The van der Waals surface area contributed by atoms with Crippen LogP contribution in [0.5, 0.6) is 5.75 Å². The molecule has 0 atom stereocenters. The van der Waals surface area contributed by atoms with Gasteiger partial charge in [-0.25, -0.2) is 21.8 Å². The fourth-order valence-corrected chi connectivity index (χ4v) is 6.73. The smallest absolute Gasteiger partial charge is 0.243 e. The fourth-order valence-electron chi connectivity index (χ4n) is 3.11. The molecule has 2 heterocycles. The maximum Gasteiger partial charge on any atom is 0.243 e. The first-order valence-corrected chi connectivity index (χ1v) is 11.6. The Labute approximate surface area is 163 Å². The zero-order valence-corrected chi connectivity index (χ0v) is 17.3. The second-order valence-corrected chi connectivity index (χ2v) is 10.7. The highest BCUT2D eigenvalue weighted by atomic mass is 35.5. The third-order valence-corrected chi connectivity index (χ3v) is 9.07. The summed E-state index contributed by atoms with van der Waals surface area (Å²) >= 11 is 6.03. The molecule has 0 radical (unpaired) electrons. The molecule has 1 aliphatic rings. The van der Waals surface area contributed by atoms with E-state index in [-0.39, 0.29) is 41.0 Å². The van der Waals surface area contributed by atoms with Gasteiger partial charge in [0.2, 0.25) is 25.0 Å². The van der Waals surface area contributed by atoms with Crippen molar-refractivity contribution in [2.75, 3.05) is 20.2 Å². The summed E-state index contributed by atoms with van der Waals surface area (Å²) < 4.78 is 58.9. The van der Waals surface area contributed by atoms with Gasteiger partial charge < -0.3 is 9.30 Å². The summed E-state index contributed by atoms with van der Waals surface area (Å²) in [6.45, 7) is 0.223. The predicted octanol–water partition coefficient (Wildman–Crippen LogP) is 1.71. The molecule has 0 unspecified atom stereocenters. The van der Waals surface area contributed by atoms with E-state index in [1.165, 1.54) is 40.4 Å². The number of methoxy groups -OCH3 is 1. The Balaban J connectivity index is 1.77. The lowest BCUT2D eigenvalue weighted by molar-refractivity contribution is 0.344. The molecule has 0 N–H and O–H groups in total. The van der Waals surface area contributed by atoms with Gasteiger partial charge in [0.05, 0.1) is 22.3 Å². The molecule has 0 spiro atoms. The summed E-state index contributed by atoms with van der Waals surface area (Å²) in [5, 5.41) is -0.457. The van der Waals surface area contributed by atoms with E-state index in [0.717, 1.165) is 0 Å². The quantitative estimate of drug-likeness (QED) is 0.711. The zero-order valence-electron chi connectivity index (χ0n) is 14.9. The molecule has 0 aliphatic carbocycles. The van der Waals surface area contributed by atoms with Crippen molar-refractivity contribution in [2.45, 2.75) is 28.1 Å². The summed E-state index contributed by atoms with van der Waals surface area (Å²) in [6, 6.07) is 4.26. The monoisotopic (exact) mass is 433 g/mol. The minimum absolute atomic E-state index is 0.00532. The van der Waals surface area contributed by atoms with E-state index in [1.807, 2.05) is 0 Å². The predicted molar refractivity (Wildman–Crippen MR) is 100 cm³/mol. The molecular formula is C16H20ClN3O5S2. The molecular weight excluding hydrogens is 414 g/mol. The van der Waals surface area contributed by atoms with Crippen LogP contribution in [-0.4, -0.2) is 56.1 Å². The van der Waals surface area contributed by atoms with Gasteiger partial charge in [-0.05, 0) is 31.0 Å². The molecule has 1 fully saturated rings. The van der Waals surface area contributed by atoms with Crippen LogP contribution in [0, 0.1) is 0 Å². The van der Waals surface area contributed by atoms with E-state index in [4.69, 9.17) is 16.3 Å². The Bertz CT molecular complexity index is 1040. The van der Waals surface area contributed by atoms with Crippen LogP contribution in [0.4, 0.5) is 0 Å². The second kappa shape index (κ2) is 7.42. The van der Waals surface area contributed by atoms with Gasteiger partial charge >= 0.3 is 0 Å². The van der Waals surface area contributed by atoms with Crippen LogP contribution >= 0.6 is 11.6 Å². The van der Waals surface area contributed by atoms with Gasteiger partial charge in [-0.15, -0.1) is 0 Å². The average Bonchev–Trinajstić information content (AvgIpc) is 3.08. The van der Waals surface area contributed by atoms with Gasteiger partial charge in [-0.2, -0.15) is 4.31 Å². The van der Waals surface area contributed by atoms with Crippen molar-refractivity contribution in [3.05, 3.63) is 35.6 Å². The molecule has 1 aromatic heterocycles. The van der Waals surface area contributed by atoms with Gasteiger partial charge in [-0.1, -0.05) is 11.6 Å². The van der Waals surface area contributed by atoms with Crippen molar-refractivity contribution in [3.8, 4) is 5.75 Å². The number of hydrogen-bond acceptors (Lipinski definition) is 6. The first-order chi connectivity index (χ1) is 12.7. The van der Waals surface area contributed by atoms with Crippen LogP contribution in [0.2, 0.25) is 5.02 Å². The van der Waals surface area contributed by atoms with Gasteiger partial charge in [0.15, 0.2) is 0 Å².